The molecule has 0 heterocycles. The van der Waals surface area contributed by atoms with E-state index in [1.54, 1.807) is 6.92 Å². The predicted molar refractivity (Wildman–Crippen MR) is 182 cm³/mol. The van der Waals surface area contributed by atoms with E-state index < -0.39 is 41.0 Å². The molecule has 0 radical (unpaired) electrons. The highest BCUT2D eigenvalue weighted by Crippen LogP contribution is 2.46. The van der Waals surface area contributed by atoms with E-state index >= 15 is 0 Å². The van der Waals surface area contributed by atoms with Crippen LogP contribution in [0.1, 0.15) is 72.7 Å². The highest BCUT2D eigenvalue weighted by atomic mass is 19.1. The van der Waals surface area contributed by atoms with Crippen molar-refractivity contribution in [1.82, 2.24) is 5.32 Å². The number of carbonyl (C=O) groups is 4. The number of carboxylic acid groups (broad SMARTS) is 2. The topological polar surface area (TPSA) is 130 Å². The van der Waals surface area contributed by atoms with Gasteiger partial charge in [0.2, 0.25) is 0 Å². The van der Waals surface area contributed by atoms with Gasteiger partial charge in [-0.3, -0.25) is 9.59 Å². The van der Waals surface area contributed by atoms with Gasteiger partial charge < -0.3 is 20.3 Å². The summed E-state index contributed by atoms with van der Waals surface area (Å²) in [7, 11) is 0. The van der Waals surface area contributed by atoms with Crippen LogP contribution in [0.15, 0.2) is 102 Å². The van der Waals surface area contributed by atoms with Crippen LogP contribution in [-0.4, -0.2) is 47.2 Å². The fourth-order valence-electron chi connectivity index (χ4n) is 6.01. The van der Waals surface area contributed by atoms with Crippen molar-refractivity contribution in [3.8, 4) is 0 Å². The van der Waals surface area contributed by atoms with Gasteiger partial charge in [0.05, 0.1) is 18.1 Å². The number of halogens is 2. The third kappa shape index (κ3) is 11.2. The van der Waals surface area contributed by atoms with E-state index in [0.717, 1.165) is 37.8 Å². The molecule has 260 valence electrons. The summed E-state index contributed by atoms with van der Waals surface area (Å²) in [5.41, 5.74) is 1.08. The minimum absolute atomic E-state index is 0.00416. The predicted octanol–water partition coefficient (Wildman–Crippen LogP) is 7.66. The van der Waals surface area contributed by atoms with Gasteiger partial charge in [-0.2, -0.15) is 0 Å². The van der Waals surface area contributed by atoms with Gasteiger partial charge in [0.25, 0.3) is 5.91 Å². The largest absolute Gasteiger partial charge is 0.481 e. The number of hydrogen-bond donors (Lipinski definition) is 3. The fourth-order valence-corrected chi connectivity index (χ4v) is 6.01. The molecule has 0 bridgehead atoms. The van der Waals surface area contributed by atoms with E-state index in [1.807, 2.05) is 32.0 Å². The first-order chi connectivity index (χ1) is 23.3. The lowest BCUT2D eigenvalue weighted by Gasteiger charge is -2.42. The van der Waals surface area contributed by atoms with E-state index in [2.05, 4.69) is 17.4 Å². The molecule has 0 saturated carbocycles. The van der Waals surface area contributed by atoms with Crippen LogP contribution in [-0.2, 0) is 20.7 Å². The van der Waals surface area contributed by atoms with Gasteiger partial charge in [0.15, 0.2) is 0 Å². The number of unbranched alkanes of at least 4 members (excludes halogenated alkanes) is 2. The molecule has 2 unspecified atom stereocenters. The zero-order valence-electron chi connectivity index (χ0n) is 28.0. The van der Waals surface area contributed by atoms with Crippen molar-refractivity contribution >= 4 is 23.8 Å². The van der Waals surface area contributed by atoms with Crippen LogP contribution in [0.25, 0.3) is 0 Å². The molecule has 10 heteroatoms. The Morgan fingerprint density at radius 1 is 0.837 bits per heavy atom. The zero-order chi connectivity index (χ0) is 36.0. The monoisotopic (exact) mass is 675 g/mol. The third-order valence-corrected chi connectivity index (χ3v) is 8.22. The Bertz CT molecular complexity index is 1630. The number of benzene rings is 3. The van der Waals surface area contributed by atoms with Crippen LogP contribution in [0.2, 0.25) is 0 Å². The fraction of sp³-hybridized carbons (Fsp3) is 0.333. The number of allylic oxidation sites excluding steroid dienone is 2. The van der Waals surface area contributed by atoms with Crippen LogP contribution in [0.4, 0.5) is 8.78 Å². The summed E-state index contributed by atoms with van der Waals surface area (Å²) >= 11 is 0. The van der Waals surface area contributed by atoms with Crippen molar-refractivity contribution in [2.45, 2.75) is 52.9 Å². The van der Waals surface area contributed by atoms with Crippen LogP contribution in [0, 0.1) is 28.9 Å². The first-order valence-electron chi connectivity index (χ1n) is 16.2. The molecule has 0 saturated heterocycles. The molecular formula is C39H43F2NO7. The number of ether oxygens (including phenoxy) is 1. The maximum atomic E-state index is 13.1. The van der Waals surface area contributed by atoms with Gasteiger partial charge in [-0.25, -0.2) is 18.4 Å². The van der Waals surface area contributed by atoms with Gasteiger partial charge in [0.1, 0.15) is 11.6 Å². The number of aryl methyl sites for hydroxylation is 1. The molecule has 0 spiro atoms. The minimum atomic E-state index is -1.31. The van der Waals surface area contributed by atoms with Crippen LogP contribution in [0.5, 0.6) is 0 Å². The summed E-state index contributed by atoms with van der Waals surface area (Å²) in [5.74, 6) is -5.22. The summed E-state index contributed by atoms with van der Waals surface area (Å²) < 4.78 is 31.0. The van der Waals surface area contributed by atoms with E-state index in [9.17, 15) is 38.2 Å². The van der Waals surface area contributed by atoms with E-state index in [0.29, 0.717) is 17.7 Å². The molecule has 2 atom stereocenters. The number of carboxylic acids is 2. The average molecular weight is 676 g/mol. The van der Waals surface area contributed by atoms with Crippen molar-refractivity contribution in [2.24, 2.45) is 17.3 Å². The molecule has 49 heavy (non-hydrogen) atoms. The highest BCUT2D eigenvalue weighted by Gasteiger charge is 2.50. The molecule has 0 aromatic heterocycles. The van der Waals surface area contributed by atoms with Gasteiger partial charge >= 0.3 is 17.9 Å². The van der Waals surface area contributed by atoms with Crippen molar-refractivity contribution < 1.29 is 42.9 Å². The standard InChI is InChI=1S/C21H24FNO5.C18H19FO2/c1-12(2)10-21(11-23-18(24)14-5-7-15(22)8-6-14)16(19(25)26)9-4-13(3)17(21)20(27)28;19-17-12-10-16(11-13-17)18(20)21-14-6-2-5-9-15-7-3-1-4-8-15/h4-9,12,16H,10-11H2,1-3H3,(H,23,24)(H,25,26)(H,27,28);1,3-4,7-8,10-13H,2,5-6,9,14H2. The summed E-state index contributed by atoms with van der Waals surface area (Å²) in [6, 6.07) is 20.7. The Kier molecular flexibility index (Phi) is 14.4. The molecule has 3 aromatic carbocycles. The van der Waals surface area contributed by atoms with Crippen molar-refractivity contribution in [3.63, 3.8) is 0 Å². The normalized spacial score (nSPS) is 16.8. The maximum Gasteiger partial charge on any atom is 0.338 e. The molecule has 3 N–H and O–H groups in total. The minimum Gasteiger partial charge on any atom is -0.481 e. The molecule has 0 fully saturated rings. The first-order valence-corrected chi connectivity index (χ1v) is 16.2. The van der Waals surface area contributed by atoms with Crippen LogP contribution in [0.3, 0.4) is 0 Å². The number of rotatable bonds is 14. The van der Waals surface area contributed by atoms with Crippen molar-refractivity contribution in [2.75, 3.05) is 13.2 Å². The van der Waals surface area contributed by atoms with Gasteiger partial charge in [-0.15, -0.1) is 0 Å². The number of aliphatic carboxylic acids is 2. The van der Waals surface area contributed by atoms with Crippen LogP contribution < -0.4 is 5.32 Å². The molecule has 1 aliphatic carbocycles. The second-order valence-corrected chi connectivity index (χ2v) is 12.4. The Morgan fingerprint density at radius 3 is 1.98 bits per heavy atom. The molecule has 1 aliphatic rings. The Labute approximate surface area is 285 Å². The smallest absolute Gasteiger partial charge is 0.338 e. The van der Waals surface area contributed by atoms with Gasteiger partial charge in [0, 0.05) is 23.1 Å². The van der Waals surface area contributed by atoms with E-state index in [4.69, 9.17) is 4.74 Å². The molecule has 3 aromatic rings. The summed E-state index contributed by atoms with van der Waals surface area (Å²) in [6.07, 6.45) is 7.24. The Balaban J connectivity index is 0.000000276. The second kappa shape index (κ2) is 18.4. The van der Waals surface area contributed by atoms with E-state index in [-0.39, 0.29) is 35.8 Å². The lowest BCUT2D eigenvalue weighted by atomic mass is 9.62. The summed E-state index contributed by atoms with van der Waals surface area (Å²) in [6.45, 7) is 5.60. The van der Waals surface area contributed by atoms with Gasteiger partial charge in [-0.1, -0.05) is 56.3 Å². The Morgan fingerprint density at radius 2 is 1.43 bits per heavy atom. The van der Waals surface area contributed by atoms with E-state index in [1.165, 1.54) is 54.1 Å². The SMILES string of the molecule is CC1=C(C(=O)O)C(CNC(=O)c2ccc(F)cc2)(CC(C)C)C(C(=O)O)C=C1.O=C(OCCCCCc1ccccc1)c1ccc(F)cc1. The number of carbonyl (C=O) groups excluding carboxylic acids is 2. The maximum absolute atomic E-state index is 13.1. The third-order valence-electron chi connectivity index (χ3n) is 8.22. The molecule has 8 nitrogen and oxygen atoms in total. The summed E-state index contributed by atoms with van der Waals surface area (Å²) in [5, 5.41) is 22.3. The first kappa shape index (κ1) is 38.3. The quantitative estimate of drug-likeness (QED) is 0.118. The number of amides is 1. The highest BCUT2D eigenvalue weighted by molar-refractivity contribution is 5.95. The number of nitrogens with one attached hydrogen (secondary N) is 1. The molecular weight excluding hydrogens is 632 g/mol. The Hall–Kier alpha value is -5.12. The van der Waals surface area contributed by atoms with Crippen LogP contribution >= 0.6 is 0 Å². The van der Waals surface area contributed by atoms with Gasteiger partial charge in [-0.05, 0) is 105 Å². The molecule has 4 rings (SSSR count). The van der Waals surface area contributed by atoms with Crippen molar-refractivity contribution in [3.05, 3.63) is 130 Å². The molecule has 1 amide bonds. The lowest BCUT2D eigenvalue weighted by Crippen LogP contribution is -2.49. The van der Waals surface area contributed by atoms with Crippen molar-refractivity contribution in [1.29, 1.82) is 0 Å². The lowest BCUT2D eigenvalue weighted by molar-refractivity contribution is -0.144. The molecule has 0 aliphatic heterocycles. The second-order valence-electron chi connectivity index (χ2n) is 12.4. The number of esters is 1. The number of hydrogen-bond acceptors (Lipinski definition) is 5. The average Bonchev–Trinajstić information content (AvgIpc) is 3.06. The summed E-state index contributed by atoms with van der Waals surface area (Å²) in [4.78, 5) is 48.2. The zero-order valence-corrected chi connectivity index (χ0v) is 28.0.